The fraction of sp³-hybridized carbons (Fsp3) is 0. The largest absolute Gasteiger partial charge is 0.309 e. The van der Waals surface area contributed by atoms with Crippen molar-refractivity contribution in [2.45, 2.75) is 0 Å². The van der Waals surface area contributed by atoms with Crippen molar-refractivity contribution >= 4 is 196 Å². The van der Waals surface area contributed by atoms with Gasteiger partial charge in [0.2, 0.25) is 0 Å². The summed E-state index contributed by atoms with van der Waals surface area (Å²) >= 11 is 0. The predicted molar refractivity (Wildman–Crippen MR) is 562 cm³/mol. The van der Waals surface area contributed by atoms with Crippen LogP contribution in [-0.2, 0) is 0 Å². The first-order valence-electron chi connectivity index (χ1n) is 46.0. The van der Waals surface area contributed by atoms with Gasteiger partial charge in [0, 0.05) is 126 Å². The third-order valence-corrected chi connectivity index (χ3v) is 27.8. The lowest BCUT2D eigenvalue weighted by Gasteiger charge is -2.12. The van der Waals surface area contributed by atoms with Crippen LogP contribution < -0.4 is 0 Å². The van der Waals surface area contributed by atoms with Gasteiger partial charge in [-0.05, 0) is 176 Å². The van der Waals surface area contributed by atoms with Crippen LogP contribution in [0.15, 0.2) is 473 Å². The molecule has 0 bridgehead atoms. The van der Waals surface area contributed by atoms with Crippen molar-refractivity contribution in [1.82, 2.24) is 56.1 Å². The van der Waals surface area contributed by atoms with Crippen LogP contribution in [0.3, 0.4) is 0 Å². The highest BCUT2D eigenvalue weighted by molar-refractivity contribution is 6.18. The summed E-state index contributed by atoms with van der Waals surface area (Å²) in [6, 6.07) is 165. The van der Waals surface area contributed by atoms with Gasteiger partial charge in [0.1, 0.15) is 23.3 Å². The van der Waals surface area contributed by atoms with E-state index >= 15 is 0 Å². The highest BCUT2D eigenvalue weighted by Crippen LogP contribution is 2.45. The molecule has 18 aromatic carbocycles. The first-order valence-corrected chi connectivity index (χ1v) is 46.0. The van der Waals surface area contributed by atoms with Crippen LogP contribution in [0.5, 0.6) is 0 Å². The molecular weight excluding hydrogens is 1650 g/mol. The van der Waals surface area contributed by atoms with Gasteiger partial charge < -0.3 is 22.8 Å². The Morgan fingerprint density at radius 3 is 0.563 bits per heavy atom. The molecule has 135 heavy (non-hydrogen) atoms. The molecule has 0 spiro atoms. The molecule has 12 heterocycles. The summed E-state index contributed by atoms with van der Waals surface area (Å²) in [7, 11) is 0. The van der Waals surface area contributed by atoms with Crippen molar-refractivity contribution in [3.8, 4) is 51.7 Å². The maximum atomic E-state index is 5.33. The second-order valence-corrected chi connectivity index (χ2v) is 35.0. The molecule has 30 rings (SSSR count). The average molecular weight is 1720 g/mol. The van der Waals surface area contributed by atoms with Gasteiger partial charge in [-0.1, -0.05) is 279 Å². The van der Waals surface area contributed by atoms with Crippen molar-refractivity contribution in [2.24, 2.45) is 0 Å². The molecule has 12 nitrogen and oxygen atoms in total. The molecule has 0 saturated heterocycles. The molecule has 0 aliphatic rings. The number of pyridine rings is 3. The van der Waals surface area contributed by atoms with E-state index in [-0.39, 0.29) is 0 Å². The van der Waals surface area contributed by atoms with E-state index in [1.165, 1.54) is 147 Å². The molecule has 0 atom stereocenters. The molecule has 0 N–H and O–H groups in total. The summed E-state index contributed by atoms with van der Waals surface area (Å²) in [6.07, 6.45) is 3.94. The summed E-state index contributed by atoms with van der Waals surface area (Å²) < 4.78 is 21.0. The van der Waals surface area contributed by atoms with Crippen molar-refractivity contribution < 1.29 is 0 Å². The fourth-order valence-corrected chi connectivity index (χ4v) is 22.2. The van der Waals surface area contributed by atoms with Crippen LogP contribution >= 0.6 is 0 Å². The molecule has 0 fully saturated rings. The van der Waals surface area contributed by atoms with Gasteiger partial charge in [-0.15, -0.1) is 0 Å². The summed E-state index contributed by atoms with van der Waals surface area (Å²) in [5, 5.41) is 22.3. The molecule has 0 aliphatic carbocycles. The highest BCUT2D eigenvalue weighted by atomic mass is 15.1. The summed E-state index contributed by atoms with van der Waals surface area (Å²) in [4.78, 5) is 15.3. The minimum atomic E-state index is 0.894. The standard InChI is InChI=1S/3C41H26N4/c1-6-16-35-29(11-1)30-12-2-7-17-36(30)43(35)27-21-23-40-34(25-27)33-15-5-8-18-37(33)44(40)28-22-24-41(42-26-28)45-38-19-9-3-13-31(38)32-14-4-10-20-39(32)45;1-6-16-35-29(11-1)30-12-2-7-17-36(30)43(35)27-21-22-40-34(25-27)33-15-5-8-18-37(33)44(40)28-23-24-42-41(26-28)45-38-19-9-3-13-31(38)32-14-4-10-20-39(32)45;1-6-17-34-28(12-1)29-13-2-7-18-35(29)43(34)27-24-25-39-33(26-27)32-16-5-10-21-38(32)45(39)41-23-11-22-40(42-41)44-36-19-8-3-14-30(36)31-15-4-9-20-37(31)44/h3*1-26H. The lowest BCUT2D eigenvalue weighted by molar-refractivity contribution is 1.01. The van der Waals surface area contributed by atoms with E-state index in [1.807, 2.05) is 12.4 Å². The number of hydrogen-bond acceptors (Lipinski definition) is 3. The smallest absolute Gasteiger partial charge is 0.140 e. The predicted octanol–water partition coefficient (Wildman–Crippen LogP) is 31.1. The topological polar surface area (TPSA) is 83.0 Å². The Bertz CT molecular complexity index is 9430. The van der Waals surface area contributed by atoms with E-state index < -0.39 is 0 Å². The van der Waals surface area contributed by atoms with Crippen LogP contribution in [-0.4, -0.2) is 56.1 Å². The number of nitrogens with zero attached hydrogens (tertiary/aromatic N) is 12. The maximum absolute atomic E-state index is 5.33. The van der Waals surface area contributed by atoms with Crippen LogP contribution in [0.1, 0.15) is 0 Å². The zero-order valence-corrected chi connectivity index (χ0v) is 72.9. The third-order valence-electron chi connectivity index (χ3n) is 27.8. The zero-order valence-electron chi connectivity index (χ0n) is 72.9. The van der Waals surface area contributed by atoms with Crippen molar-refractivity contribution in [2.75, 3.05) is 0 Å². The van der Waals surface area contributed by atoms with E-state index in [0.717, 1.165) is 101 Å². The van der Waals surface area contributed by atoms with Crippen LogP contribution in [0.2, 0.25) is 0 Å². The fourth-order valence-electron chi connectivity index (χ4n) is 22.2. The van der Waals surface area contributed by atoms with Gasteiger partial charge in [-0.2, -0.15) is 0 Å². The number of benzene rings is 18. The number of hydrogen-bond donors (Lipinski definition) is 0. The Balaban J connectivity index is 0.000000101. The molecule has 630 valence electrons. The Hall–Kier alpha value is -18.4. The van der Waals surface area contributed by atoms with Gasteiger partial charge in [0.25, 0.3) is 0 Å². The zero-order chi connectivity index (χ0) is 88.5. The first-order chi connectivity index (χ1) is 67.0. The van der Waals surface area contributed by atoms with Crippen LogP contribution in [0.25, 0.3) is 248 Å². The molecule has 0 amide bonds. The summed E-state index contributed by atoms with van der Waals surface area (Å²) in [6.45, 7) is 0. The second kappa shape index (κ2) is 30.1. The van der Waals surface area contributed by atoms with Crippen molar-refractivity contribution in [3.63, 3.8) is 0 Å². The second-order valence-electron chi connectivity index (χ2n) is 35.0. The number of para-hydroxylation sites is 15. The number of rotatable bonds is 9. The van der Waals surface area contributed by atoms with E-state index in [4.69, 9.17) is 15.0 Å². The molecule has 12 aromatic heterocycles. The Kier molecular flexibility index (Phi) is 16.9. The normalized spacial score (nSPS) is 12.0. The van der Waals surface area contributed by atoms with Gasteiger partial charge in [-0.3, -0.25) is 18.3 Å². The van der Waals surface area contributed by atoms with Gasteiger partial charge in [-0.25, -0.2) is 15.0 Å². The van der Waals surface area contributed by atoms with Gasteiger partial charge >= 0.3 is 0 Å². The Morgan fingerprint density at radius 2 is 0.311 bits per heavy atom. The SMILES string of the molecule is c1cc(-n2c3ccccc3c3ccccc32)nc(-n2c3ccccc3c3cc(-n4c5ccccc5c5ccccc54)ccc32)c1.c1ccc2c(c1)c1ccccc1n2-c1ccc2c(c1)c1ccccc1n2-c1ccc(-n2c3ccccc3c3ccccc32)nc1.c1ccc2c(c1)c1ccccc1n2-c1ccc2c(c1)c1ccccc1n2-c1ccnc(-n2c3ccccc3c3ccccc32)c1. The molecule has 0 aliphatic heterocycles. The third kappa shape index (κ3) is 11.5. The molecule has 0 saturated carbocycles. The van der Waals surface area contributed by atoms with Crippen molar-refractivity contribution in [1.29, 1.82) is 0 Å². The molecule has 0 unspecified atom stereocenters. The summed E-state index contributed by atoms with van der Waals surface area (Å²) in [5.41, 5.74) is 26.7. The van der Waals surface area contributed by atoms with E-state index in [2.05, 4.69) is 502 Å². The Labute approximate surface area is 772 Å². The minimum Gasteiger partial charge on any atom is -0.309 e. The van der Waals surface area contributed by atoms with E-state index in [1.54, 1.807) is 0 Å². The maximum Gasteiger partial charge on any atom is 0.140 e. The lowest BCUT2D eigenvalue weighted by atomic mass is 10.1. The first kappa shape index (κ1) is 75.6. The van der Waals surface area contributed by atoms with Crippen LogP contribution in [0.4, 0.5) is 0 Å². The average Bonchev–Trinajstić information content (AvgIpc) is 1.57. The Morgan fingerprint density at radius 1 is 0.119 bits per heavy atom. The number of aromatic nitrogens is 12. The van der Waals surface area contributed by atoms with Gasteiger partial charge in [0.05, 0.1) is 117 Å². The van der Waals surface area contributed by atoms with Crippen molar-refractivity contribution in [3.05, 3.63) is 473 Å². The quantitative estimate of drug-likeness (QED) is 0.144. The van der Waals surface area contributed by atoms with E-state index in [9.17, 15) is 0 Å². The molecule has 12 heteroatoms. The molecule has 0 radical (unpaired) electrons. The van der Waals surface area contributed by atoms with E-state index in [0.29, 0.717) is 0 Å². The minimum absolute atomic E-state index is 0.894. The number of fused-ring (bicyclic) bond motifs is 27. The summed E-state index contributed by atoms with van der Waals surface area (Å²) in [5.74, 6) is 3.60. The molecule has 30 aromatic rings. The van der Waals surface area contributed by atoms with Crippen LogP contribution in [0, 0.1) is 0 Å². The lowest BCUT2D eigenvalue weighted by Crippen LogP contribution is -2.03. The molecular formula is C123H78N12. The monoisotopic (exact) mass is 1720 g/mol. The highest BCUT2D eigenvalue weighted by Gasteiger charge is 2.25. The van der Waals surface area contributed by atoms with Gasteiger partial charge in [0.15, 0.2) is 0 Å².